The minimum absolute atomic E-state index is 0.00787. The molecule has 23 heavy (non-hydrogen) atoms. The molecule has 0 atom stereocenters. The largest absolute Gasteiger partial charge is 0.466 e. The molecule has 0 spiro atoms. The Morgan fingerprint density at radius 2 is 1.91 bits per heavy atom. The minimum atomic E-state index is -0.355. The summed E-state index contributed by atoms with van der Waals surface area (Å²) in [6.45, 7) is 2.10. The Balaban J connectivity index is 2.02. The van der Waals surface area contributed by atoms with Crippen LogP contribution in [-0.4, -0.2) is 22.5 Å². The first-order chi connectivity index (χ1) is 11.3. The third kappa shape index (κ3) is 3.45. The van der Waals surface area contributed by atoms with Crippen LogP contribution in [-0.2, 0) is 16.0 Å². The van der Waals surface area contributed by atoms with Crippen LogP contribution in [0.15, 0.2) is 59.3 Å². The van der Waals surface area contributed by atoms with E-state index in [1.807, 2.05) is 42.5 Å². The number of nitrogens with zero attached hydrogens (tertiary/aromatic N) is 2. The van der Waals surface area contributed by atoms with Crippen molar-refractivity contribution in [2.24, 2.45) is 0 Å². The highest BCUT2D eigenvalue weighted by molar-refractivity contribution is 5.77. The fourth-order valence-electron chi connectivity index (χ4n) is 2.26. The summed E-state index contributed by atoms with van der Waals surface area (Å²) < 4.78 is 10.8. The Bertz CT molecular complexity index is 726. The van der Waals surface area contributed by atoms with Crippen molar-refractivity contribution in [2.75, 3.05) is 6.61 Å². The lowest BCUT2D eigenvalue weighted by molar-refractivity contribution is -0.142. The van der Waals surface area contributed by atoms with Gasteiger partial charge in [-0.25, -0.2) is 4.98 Å². The van der Waals surface area contributed by atoms with Crippen molar-refractivity contribution in [3.05, 3.63) is 60.7 Å². The summed E-state index contributed by atoms with van der Waals surface area (Å²) >= 11 is 0. The normalized spacial score (nSPS) is 10.5. The van der Waals surface area contributed by atoms with Gasteiger partial charge in [-0.3, -0.25) is 9.78 Å². The van der Waals surface area contributed by atoms with Crippen molar-refractivity contribution in [1.29, 1.82) is 0 Å². The van der Waals surface area contributed by atoms with E-state index in [1.165, 1.54) is 0 Å². The Hall–Kier alpha value is -2.95. The number of rotatable bonds is 5. The molecule has 0 N–H and O–H groups in total. The molecule has 3 rings (SSSR count). The lowest BCUT2D eigenvalue weighted by atomic mass is 10.1. The highest BCUT2D eigenvalue weighted by atomic mass is 16.5. The Labute approximate surface area is 134 Å². The van der Waals surface area contributed by atoms with Crippen LogP contribution < -0.4 is 0 Å². The van der Waals surface area contributed by atoms with E-state index in [9.17, 15) is 4.79 Å². The lowest BCUT2D eigenvalue weighted by Crippen LogP contribution is -2.07. The number of hydrogen-bond donors (Lipinski definition) is 0. The molecule has 0 aliphatic carbocycles. The molecule has 0 amide bonds. The average molecular weight is 308 g/mol. The number of ether oxygens (including phenoxy) is 1. The number of benzene rings is 1. The summed E-state index contributed by atoms with van der Waals surface area (Å²) in [5, 5.41) is 0. The highest BCUT2D eigenvalue weighted by Crippen LogP contribution is 2.32. The van der Waals surface area contributed by atoms with Crippen LogP contribution in [0.3, 0.4) is 0 Å². The van der Waals surface area contributed by atoms with Crippen molar-refractivity contribution >= 4 is 5.97 Å². The van der Waals surface area contributed by atoms with Gasteiger partial charge in [0.2, 0.25) is 5.89 Å². The molecular weight excluding hydrogens is 292 g/mol. The van der Waals surface area contributed by atoms with Crippen molar-refractivity contribution in [2.45, 2.75) is 13.3 Å². The van der Waals surface area contributed by atoms with E-state index in [4.69, 9.17) is 9.15 Å². The van der Waals surface area contributed by atoms with Gasteiger partial charge < -0.3 is 9.15 Å². The topological polar surface area (TPSA) is 65.2 Å². The van der Waals surface area contributed by atoms with Crippen LogP contribution in [0.5, 0.6) is 0 Å². The molecule has 0 fully saturated rings. The maximum absolute atomic E-state index is 11.7. The zero-order valence-electron chi connectivity index (χ0n) is 12.7. The molecule has 0 unspecified atom stereocenters. The van der Waals surface area contributed by atoms with Crippen molar-refractivity contribution < 1.29 is 13.9 Å². The molecule has 2 heterocycles. The molecule has 0 saturated carbocycles. The number of pyridine rings is 1. The van der Waals surface area contributed by atoms with Gasteiger partial charge in [0.15, 0.2) is 5.76 Å². The van der Waals surface area contributed by atoms with Gasteiger partial charge >= 0.3 is 5.97 Å². The zero-order valence-corrected chi connectivity index (χ0v) is 12.7. The van der Waals surface area contributed by atoms with Crippen LogP contribution in [0.1, 0.15) is 12.8 Å². The Morgan fingerprint density at radius 1 is 1.13 bits per heavy atom. The number of hydrogen-bond acceptors (Lipinski definition) is 5. The van der Waals surface area contributed by atoms with Gasteiger partial charge in [0, 0.05) is 23.5 Å². The van der Waals surface area contributed by atoms with Gasteiger partial charge in [0.25, 0.3) is 0 Å². The fourth-order valence-corrected chi connectivity index (χ4v) is 2.26. The molecule has 1 aromatic carbocycles. The lowest BCUT2D eigenvalue weighted by Gasteiger charge is -2.00. The van der Waals surface area contributed by atoms with E-state index in [-0.39, 0.29) is 12.4 Å². The number of aromatic nitrogens is 2. The standard InChI is InChI=1S/C18H16N2O3/c1-2-22-16(21)11-15-20-17(14-9-6-10-19-12-14)18(23-15)13-7-4-3-5-8-13/h3-10,12H,2,11H2,1H3. The van der Waals surface area contributed by atoms with Gasteiger partial charge in [-0.1, -0.05) is 30.3 Å². The molecule has 0 aliphatic rings. The highest BCUT2D eigenvalue weighted by Gasteiger charge is 2.19. The van der Waals surface area contributed by atoms with Crippen LogP contribution in [0.2, 0.25) is 0 Å². The zero-order chi connectivity index (χ0) is 16.1. The van der Waals surface area contributed by atoms with Crippen LogP contribution in [0.4, 0.5) is 0 Å². The summed E-state index contributed by atoms with van der Waals surface area (Å²) in [6.07, 6.45) is 3.43. The van der Waals surface area contributed by atoms with Crippen LogP contribution in [0, 0.1) is 0 Å². The second-order valence-electron chi connectivity index (χ2n) is 4.87. The quantitative estimate of drug-likeness (QED) is 0.675. The van der Waals surface area contributed by atoms with Crippen molar-refractivity contribution in [3.63, 3.8) is 0 Å². The Morgan fingerprint density at radius 3 is 2.61 bits per heavy atom. The molecule has 0 bridgehead atoms. The van der Waals surface area contributed by atoms with Gasteiger partial charge in [-0.2, -0.15) is 0 Å². The van der Waals surface area contributed by atoms with E-state index in [2.05, 4.69) is 9.97 Å². The maximum atomic E-state index is 11.7. The predicted molar refractivity (Wildman–Crippen MR) is 85.5 cm³/mol. The predicted octanol–water partition coefficient (Wildman–Crippen LogP) is 3.51. The van der Waals surface area contributed by atoms with Crippen LogP contribution >= 0.6 is 0 Å². The van der Waals surface area contributed by atoms with Crippen molar-refractivity contribution in [1.82, 2.24) is 9.97 Å². The van der Waals surface area contributed by atoms with E-state index in [0.717, 1.165) is 11.1 Å². The van der Waals surface area contributed by atoms with E-state index < -0.39 is 0 Å². The molecular formula is C18H16N2O3. The first-order valence-corrected chi connectivity index (χ1v) is 7.39. The minimum Gasteiger partial charge on any atom is -0.466 e. The Kier molecular flexibility index (Phi) is 4.47. The van der Waals surface area contributed by atoms with E-state index in [1.54, 1.807) is 19.3 Å². The summed E-state index contributed by atoms with van der Waals surface area (Å²) in [5.74, 6) is 0.602. The van der Waals surface area contributed by atoms with Crippen LogP contribution in [0.25, 0.3) is 22.6 Å². The van der Waals surface area contributed by atoms with Gasteiger partial charge in [0.1, 0.15) is 12.1 Å². The summed E-state index contributed by atoms with van der Waals surface area (Å²) in [6, 6.07) is 13.4. The maximum Gasteiger partial charge on any atom is 0.315 e. The molecule has 116 valence electrons. The first kappa shape index (κ1) is 15.0. The second-order valence-corrected chi connectivity index (χ2v) is 4.87. The molecule has 0 saturated heterocycles. The number of esters is 1. The van der Waals surface area contributed by atoms with E-state index in [0.29, 0.717) is 24.0 Å². The molecule has 0 radical (unpaired) electrons. The SMILES string of the molecule is CCOC(=O)Cc1nc(-c2cccnc2)c(-c2ccccc2)o1. The monoisotopic (exact) mass is 308 g/mol. The van der Waals surface area contributed by atoms with Crippen molar-refractivity contribution in [3.8, 4) is 22.6 Å². The fraction of sp³-hybridized carbons (Fsp3) is 0.167. The van der Waals surface area contributed by atoms with Gasteiger partial charge in [-0.05, 0) is 19.1 Å². The molecule has 2 aromatic heterocycles. The average Bonchev–Trinajstić information content (AvgIpc) is 3.00. The smallest absolute Gasteiger partial charge is 0.315 e. The molecule has 5 nitrogen and oxygen atoms in total. The molecule has 3 aromatic rings. The first-order valence-electron chi connectivity index (χ1n) is 7.39. The summed E-state index contributed by atoms with van der Waals surface area (Å²) in [4.78, 5) is 20.3. The number of carbonyl (C=O) groups is 1. The molecule has 0 aliphatic heterocycles. The third-order valence-corrected chi connectivity index (χ3v) is 3.24. The van der Waals surface area contributed by atoms with Gasteiger partial charge in [-0.15, -0.1) is 0 Å². The number of carbonyl (C=O) groups excluding carboxylic acids is 1. The second kappa shape index (κ2) is 6.87. The summed E-state index contributed by atoms with van der Waals surface area (Å²) in [7, 11) is 0. The van der Waals surface area contributed by atoms with Gasteiger partial charge in [0.05, 0.1) is 6.61 Å². The summed E-state index contributed by atoms with van der Waals surface area (Å²) in [5.41, 5.74) is 2.41. The molecule has 5 heteroatoms. The van der Waals surface area contributed by atoms with E-state index >= 15 is 0 Å². The number of oxazole rings is 1. The third-order valence-electron chi connectivity index (χ3n) is 3.24.